The van der Waals surface area contributed by atoms with E-state index in [-0.39, 0.29) is 5.91 Å². The highest BCUT2D eigenvalue weighted by Crippen LogP contribution is 2.32. The number of fused-ring (bicyclic) bond motifs is 1. The molecule has 2 aromatic heterocycles. The summed E-state index contributed by atoms with van der Waals surface area (Å²) in [7, 11) is 0. The van der Waals surface area contributed by atoms with Crippen LogP contribution in [0.1, 0.15) is 22.5 Å². The van der Waals surface area contributed by atoms with Gasteiger partial charge in [-0.15, -0.1) is 0 Å². The monoisotopic (exact) mass is 501 g/mol. The number of carbonyl (C=O) groups excluding carboxylic acids is 1. The summed E-state index contributed by atoms with van der Waals surface area (Å²) < 4.78 is 5.86. The molecule has 188 valence electrons. The first-order chi connectivity index (χ1) is 18.6. The maximum atomic E-state index is 13.1. The predicted molar refractivity (Wildman–Crippen MR) is 152 cm³/mol. The van der Waals surface area contributed by atoms with Crippen molar-refractivity contribution in [3.63, 3.8) is 0 Å². The molecule has 1 saturated heterocycles. The van der Waals surface area contributed by atoms with Gasteiger partial charge in [-0.25, -0.2) is 4.98 Å². The first kappa shape index (κ1) is 23.5. The van der Waals surface area contributed by atoms with Crippen molar-refractivity contribution in [2.75, 3.05) is 28.6 Å². The van der Waals surface area contributed by atoms with Crippen LogP contribution >= 0.6 is 0 Å². The van der Waals surface area contributed by atoms with Gasteiger partial charge in [0, 0.05) is 59.1 Å². The summed E-state index contributed by atoms with van der Waals surface area (Å²) in [6.07, 6.45) is 2.83. The van der Waals surface area contributed by atoms with Crippen LogP contribution in [0.25, 0.3) is 10.9 Å². The Balaban J connectivity index is 1.21. The molecular formula is C31H27N5O2. The van der Waals surface area contributed by atoms with Crippen molar-refractivity contribution in [2.24, 2.45) is 0 Å². The summed E-state index contributed by atoms with van der Waals surface area (Å²) >= 11 is 0. The molecule has 3 heterocycles. The lowest BCUT2D eigenvalue weighted by atomic mass is 10.1. The van der Waals surface area contributed by atoms with Crippen LogP contribution in [0.4, 0.5) is 22.9 Å². The summed E-state index contributed by atoms with van der Waals surface area (Å²) in [4.78, 5) is 24.4. The van der Waals surface area contributed by atoms with E-state index in [0.717, 1.165) is 41.1 Å². The predicted octanol–water partition coefficient (Wildman–Crippen LogP) is 6.94. The first-order valence-electron chi connectivity index (χ1n) is 12.6. The van der Waals surface area contributed by atoms with Crippen molar-refractivity contribution < 1.29 is 9.53 Å². The molecule has 1 aliphatic heterocycles. The van der Waals surface area contributed by atoms with Crippen molar-refractivity contribution in [1.82, 2.24) is 9.97 Å². The molecule has 0 atom stereocenters. The number of carbonyl (C=O) groups is 1. The number of benzene rings is 3. The van der Waals surface area contributed by atoms with Crippen molar-refractivity contribution in [3.05, 3.63) is 108 Å². The molecule has 3 aromatic carbocycles. The van der Waals surface area contributed by atoms with E-state index in [4.69, 9.17) is 9.72 Å². The summed E-state index contributed by atoms with van der Waals surface area (Å²) in [6.45, 7) is 4.15. The summed E-state index contributed by atoms with van der Waals surface area (Å²) in [5.74, 6) is 1.46. The van der Waals surface area contributed by atoms with Crippen molar-refractivity contribution >= 4 is 39.7 Å². The lowest BCUT2D eigenvalue weighted by Crippen LogP contribution is -2.36. The maximum absolute atomic E-state index is 13.1. The lowest BCUT2D eigenvalue weighted by molar-refractivity contribution is 0.102. The SMILES string of the molecule is Cc1cc(Nc2cccc(C(=O)Nc3cc(Oc4ccccc4)ccn3)c2)c2cc(N3CCC3)ccc2n1. The van der Waals surface area contributed by atoms with E-state index in [2.05, 4.69) is 38.7 Å². The van der Waals surface area contributed by atoms with Gasteiger partial charge in [0.1, 0.15) is 17.3 Å². The Morgan fingerprint density at radius 3 is 2.58 bits per heavy atom. The highest BCUT2D eigenvalue weighted by molar-refractivity contribution is 6.04. The second kappa shape index (κ2) is 10.2. The molecule has 1 aliphatic rings. The highest BCUT2D eigenvalue weighted by atomic mass is 16.5. The molecule has 1 amide bonds. The second-order valence-corrected chi connectivity index (χ2v) is 9.31. The number of nitrogens with zero attached hydrogens (tertiary/aromatic N) is 3. The molecule has 38 heavy (non-hydrogen) atoms. The van der Waals surface area contributed by atoms with Crippen LogP contribution in [-0.2, 0) is 0 Å². The molecule has 7 heteroatoms. The standard InChI is InChI=1S/C31H27N5O2/c1-21-17-29(27-19-24(36-15-6-16-36)11-12-28(27)33-21)34-23-8-5-7-22(18-23)31(37)35-30-20-26(13-14-32-30)38-25-9-3-2-4-10-25/h2-5,7-14,17-20H,6,15-16H2,1H3,(H,33,34)(H,32,35,37). The van der Waals surface area contributed by atoms with Gasteiger partial charge >= 0.3 is 0 Å². The number of amides is 1. The van der Waals surface area contributed by atoms with Gasteiger partial charge in [0.25, 0.3) is 5.91 Å². The number of hydrogen-bond acceptors (Lipinski definition) is 6. The molecule has 1 fully saturated rings. The number of pyridine rings is 2. The fraction of sp³-hybridized carbons (Fsp3) is 0.129. The molecule has 0 unspecified atom stereocenters. The minimum absolute atomic E-state index is 0.256. The second-order valence-electron chi connectivity index (χ2n) is 9.31. The summed E-state index contributed by atoms with van der Waals surface area (Å²) in [6, 6.07) is 28.8. The molecule has 0 radical (unpaired) electrons. The number of nitrogens with one attached hydrogen (secondary N) is 2. The normalized spacial score (nSPS) is 12.6. The zero-order chi connectivity index (χ0) is 25.9. The van der Waals surface area contributed by atoms with Crippen LogP contribution in [0.2, 0.25) is 0 Å². The van der Waals surface area contributed by atoms with Crippen LogP contribution < -0.4 is 20.3 Å². The van der Waals surface area contributed by atoms with Gasteiger partial charge in [-0.3, -0.25) is 9.78 Å². The number of aryl methyl sites for hydroxylation is 1. The van der Waals surface area contributed by atoms with Crippen LogP contribution in [0.5, 0.6) is 11.5 Å². The summed E-state index contributed by atoms with van der Waals surface area (Å²) in [5.41, 5.74) is 5.36. The van der Waals surface area contributed by atoms with Crippen LogP contribution in [0.15, 0.2) is 97.2 Å². The van der Waals surface area contributed by atoms with E-state index >= 15 is 0 Å². The van der Waals surface area contributed by atoms with Crippen LogP contribution in [-0.4, -0.2) is 29.0 Å². The Labute approximate surface area is 221 Å². The minimum atomic E-state index is -0.256. The van der Waals surface area contributed by atoms with E-state index in [9.17, 15) is 4.79 Å². The van der Waals surface area contributed by atoms with Gasteiger partial charge in [0.2, 0.25) is 0 Å². The number of aromatic nitrogens is 2. The zero-order valence-electron chi connectivity index (χ0n) is 21.0. The van der Waals surface area contributed by atoms with Crippen molar-refractivity contribution in [2.45, 2.75) is 13.3 Å². The van der Waals surface area contributed by atoms with Gasteiger partial charge in [-0.05, 0) is 74.0 Å². The Hall–Kier alpha value is -4.91. The molecule has 6 rings (SSSR count). The molecule has 0 spiro atoms. The molecular weight excluding hydrogens is 474 g/mol. The van der Waals surface area contributed by atoms with Crippen molar-refractivity contribution in [1.29, 1.82) is 0 Å². The first-order valence-corrected chi connectivity index (χ1v) is 12.6. The van der Waals surface area contributed by atoms with Gasteiger partial charge in [0.15, 0.2) is 0 Å². The molecule has 0 aliphatic carbocycles. The largest absolute Gasteiger partial charge is 0.457 e. The third-order valence-corrected chi connectivity index (χ3v) is 6.50. The Kier molecular flexibility index (Phi) is 6.32. The topological polar surface area (TPSA) is 79.4 Å². The van der Waals surface area contributed by atoms with Crippen LogP contribution in [0, 0.1) is 6.92 Å². The molecule has 2 N–H and O–H groups in total. The van der Waals surface area contributed by atoms with E-state index in [0.29, 0.717) is 22.9 Å². The number of hydrogen-bond donors (Lipinski definition) is 2. The van der Waals surface area contributed by atoms with Gasteiger partial charge in [-0.2, -0.15) is 0 Å². The number of anilines is 4. The molecule has 0 bridgehead atoms. The smallest absolute Gasteiger partial charge is 0.256 e. The fourth-order valence-electron chi connectivity index (χ4n) is 4.47. The zero-order valence-corrected chi connectivity index (χ0v) is 21.0. The number of rotatable bonds is 7. The van der Waals surface area contributed by atoms with Crippen LogP contribution in [0.3, 0.4) is 0 Å². The molecule has 0 saturated carbocycles. The van der Waals surface area contributed by atoms with Gasteiger partial charge < -0.3 is 20.3 Å². The van der Waals surface area contributed by atoms with E-state index in [1.807, 2.05) is 61.5 Å². The third kappa shape index (κ3) is 5.13. The summed E-state index contributed by atoms with van der Waals surface area (Å²) in [5, 5.41) is 7.44. The highest BCUT2D eigenvalue weighted by Gasteiger charge is 2.16. The number of ether oxygens (including phenoxy) is 1. The van der Waals surface area contributed by atoms with Gasteiger partial charge in [-0.1, -0.05) is 24.3 Å². The Bertz CT molecular complexity index is 1620. The fourth-order valence-corrected chi connectivity index (χ4v) is 4.47. The van der Waals surface area contributed by atoms with E-state index < -0.39 is 0 Å². The molecule has 7 nitrogen and oxygen atoms in total. The lowest BCUT2D eigenvalue weighted by Gasteiger charge is -2.33. The Morgan fingerprint density at radius 1 is 0.895 bits per heavy atom. The average molecular weight is 502 g/mol. The van der Waals surface area contributed by atoms with E-state index in [1.54, 1.807) is 24.4 Å². The van der Waals surface area contributed by atoms with Gasteiger partial charge in [0.05, 0.1) is 5.52 Å². The minimum Gasteiger partial charge on any atom is -0.457 e. The third-order valence-electron chi connectivity index (χ3n) is 6.50. The van der Waals surface area contributed by atoms with E-state index in [1.165, 1.54) is 12.1 Å². The quantitative estimate of drug-likeness (QED) is 0.252. The Morgan fingerprint density at radius 2 is 1.76 bits per heavy atom. The molecule has 5 aromatic rings. The maximum Gasteiger partial charge on any atom is 0.256 e. The van der Waals surface area contributed by atoms with Crippen molar-refractivity contribution in [3.8, 4) is 11.5 Å². The average Bonchev–Trinajstić information content (AvgIpc) is 2.89. The number of para-hydroxylation sites is 1.